The summed E-state index contributed by atoms with van der Waals surface area (Å²) in [6.45, 7) is 6.27. The van der Waals surface area contributed by atoms with Crippen LogP contribution in [0.2, 0.25) is 0 Å². The molecule has 6 nitrogen and oxygen atoms in total. The zero-order valence-corrected chi connectivity index (χ0v) is 15.6. The largest absolute Gasteiger partial charge is 0.368 e. The summed E-state index contributed by atoms with van der Waals surface area (Å²) < 4.78 is 25.2. The van der Waals surface area contributed by atoms with Crippen LogP contribution in [0.1, 0.15) is 23.1 Å². The molecule has 0 saturated carbocycles. The SMILES string of the molecule is Cc1cc(C)c2ncc(C#N)c(N3CCCN(S(C)(=O)=O)CC3)c2c1. The van der Waals surface area contributed by atoms with E-state index in [4.69, 9.17) is 0 Å². The van der Waals surface area contributed by atoms with Crippen LogP contribution in [0.5, 0.6) is 0 Å². The Labute approximate surface area is 148 Å². The number of rotatable bonds is 2. The third-order valence-electron chi connectivity index (χ3n) is 4.64. The van der Waals surface area contributed by atoms with Crippen LogP contribution < -0.4 is 4.90 Å². The molecule has 1 aromatic carbocycles. The second kappa shape index (κ2) is 6.62. The lowest BCUT2D eigenvalue weighted by atomic mass is 10.0. The minimum absolute atomic E-state index is 0.429. The summed E-state index contributed by atoms with van der Waals surface area (Å²) in [7, 11) is -3.20. The molecular weight excluding hydrogens is 336 g/mol. The third-order valence-corrected chi connectivity index (χ3v) is 5.94. The Bertz CT molecular complexity index is 963. The lowest BCUT2D eigenvalue weighted by Crippen LogP contribution is -2.34. The van der Waals surface area contributed by atoms with Gasteiger partial charge in [0.1, 0.15) is 6.07 Å². The molecule has 2 aromatic rings. The van der Waals surface area contributed by atoms with Crippen LogP contribution in [-0.4, -0.2) is 50.1 Å². The Morgan fingerprint density at radius 1 is 1.16 bits per heavy atom. The fourth-order valence-corrected chi connectivity index (χ4v) is 4.39. The van der Waals surface area contributed by atoms with E-state index in [1.807, 2.05) is 13.8 Å². The zero-order valence-electron chi connectivity index (χ0n) is 14.8. The predicted molar refractivity (Wildman–Crippen MR) is 99.2 cm³/mol. The minimum atomic E-state index is -3.20. The number of aryl methyl sites for hydroxylation is 2. The second-order valence-corrected chi connectivity index (χ2v) is 8.60. The van der Waals surface area contributed by atoms with Gasteiger partial charge in [-0.2, -0.15) is 5.26 Å². The molecule has 0 radical (unpaired) electrons. The predicted octanol–water partition coefficient (Wildman–Crippen LogP) is 2.20. The summed E-state index contributed by atoms with van der Waals surface area (Å²) in [5.41, 5.74) is 4.49. The van der Waals surface area contributed by atoms with Crippen LogP contribution in [-0.2, 0) is 10.0 Å². The number of sulfonamides is 1. The molecule has 1 fully saturated rings. The quantitative estimate of drug-likeness (QED) is 0.822. The first-order valence-corrected chi connectivity index (χ1v) is 10.2. The smallest absolute Gasteiger partial charge is 0.211 e. The van der Waals surface area contributed by atoms with Crippen molar-refractivity contribution in [3.63, 3.8) is 0 Å². The van der Waals surface area contributed by atoms with Crippen molar-refractivity contribution in [2.45, 2.75) is 20.3 Å². The standard InChI is InChI=1S/C18H22N4O2S/c1-13-9-14(2)17-16(10-13)18(15(11-19)12-20-17)21-5-4-6-22(8-7-21)25(3,23)24/h9-10,12H,4-8H2,1-3H3. The maximum absolute atomic E-state index is 11.9. The highest BCUT2D eigenvalue weighted by Crippen LogP contribution is 2.32. The minimum Gasteiger partial charge on any atom is -0.368 e. The van der Waals surface area contributed by atoms with Gasteiger partial charge >= 0.3 is 0 Å². The van der Waals surface area contributed by atoms with Gasteiger partial charge in [-0.3, -0.25) is 4.98 Å². The molecule has 3 rings (SSSR count). The van der Waals surface area contributed by atoms with Gasteiger partial charge in [0.25, 0.3) is 0 Å². The number of nitriles is 1. The fraction of sp³-hybridized carbons (Fsp3) is 0.444. The molecule has 0 amide bonds. The van der Waals surface area contributed by atoms with Crippen molar-refractivity contribution >= 4 is 26.6 Å². The highest BCUT2D eigenvalue weighted by molar-refractivity contribution is 7.88. The van der Waals surface area contributed by atoms with Crippen molar-refractivity contribution in [1.82, 2.24) is 9.29 Å². The van der Waals surface area contributed by atoms with Gasteiger partial charge in [-0.1, -0.05) is 11.6 Å². The van der Waals surface area contributed by atoms with Crippen LogP contribution in [0, 0.1) is 25.2 Å². The van der Waals surface area contributed by atoms with Gasteiger partial charge in [-0.25, -0.2) is 12.7 Å². The summed E-state index contributed by atoms with van der Waals surface area (Å²) in [4.78, 5) is 6.60. The monoisotopic (exact) mass is 358 g/mol. The van der Waals surface area contributed by atoms with Gasteiger partial charge in [0.15, 0.2) is 0 Å². The summed E-state index contributed by atoms with van der Waals surface area (Å²) in [5, 5.41) is 10.5. The van der Waals surface area contributed by atoms with E-state index in [1.165, 1.54) is 10.6 Å². The topological polar surface area (TPSA) is 77.3 Å². The number of hydrogen-bond donors (Lipinski definition) is 0. The molecule has 25 heavy (non-hydrogen) atoms. The second-order valence-electron chi connectivity index (χ2n) is 6.61. The average molecular weight is 358 g/mol. The lowest BCUT2D eigenvalue weighted by molar-refractivity contribution is 0.437. The first-order valence-electron chi connectivity index (χ1n) is 8.31. The number of hydrogen-bond acceptors (Lipinski definition) is 5. The van der Waals surface area contributed by atoms with E-state index in [2.05, 4.69) is 28.1 Å². The molecule has 1 aliphatic rings. The Kier molecular flexibility index (Phi) is 4.67. The molecule has 0 unspecified atom stereocenters. The van der Waals surface area contributed by atoms with Crippen molar-refractivity contribution in [3.8, 4) is 6.07 Å². The summed E-state index contributed by atoms with van der Waals surface area (Å²) in [5.74, 6) is 0. The highest BCUT2D eigenvalue weighted by atomic mass is 32.2. The molecule has 1 saturated heterocycles. The molecule has 1 aromatic heterocycles. The number of pyridine rings is 1. The van der Waals surface area contributed by atoms with Gasteiger partial charge in [-0.15, -0.1) is 0 Å². The average Bonchev–Trinajstić information content (AvgIpc) is 2.79. The number of anilines is 1. The Hall–Kier alpha value is -2.17. The molecule has 0 spiro atoms. The zero-order chi connectivity index (χ0) is 18.2. The lowest BCUT2D eigenvalue weighted by Gasteiger charge is -2.26. The molecule has 2 heterocycles. The van der Waals surface area contributed by atoms with Crippen molar-refractivity contribution in [2.75, 3.05) is 37.3 Å². The fourth-order valence-electron chi connectivity index (χ4n) is 3.52. The van der Waals surface area contributed by atoms with Crippen molar-refractivity contribution < 1.29 is 8.42 Å². The molecular formula is C18H22N4O2S. The maximum Gasteiger partial charge on any atom is 0.211 e. The maximum atomic E-state index is 11.9. The van der Waals surface area contributed by atoms with E-state index in [9.17, 15) is 13.7 Å². The van der Waals surface area contributed by atoms with Gasteiger partial charge in [0.2, 0.25) is 10.0 Å². The van der Waals surface area contributed by atoms with Gasteiger partial charge in [0, 0.05) is 37.8 Å². The van der Waals surface area contributed by atoms with Gasteiger partial charge in [0.05, 0.1) is 23.0 Å². The Morgan fingerprint density at radius 2 is 1.92 bits per heavy atom. The van der Waals surface area contributed by atoms with Crippen molar-refractivity contribution in [1.29, 1.82) is 5.26 Å². The molecule has 7 heteroatoms. The van der Waals surface area contributed by atoms with E-state index < -0.39 is 10.0 Å². The van der Waals surface area contributed by atoms with Crippen molar-refractivity contribution in [2.24, 2.45) is 0 Å². The van der Waals surface area contributed by atoms with Crippen LogP contribution in [0.4, 0.5) is 5.69 Å². The number of nitrogens with zero attached hydrogens (tertiary/aromatic N) is 4. The molecule has 0 bridgehead atoms. The molecule has 0 aliphatic carbocycles. The summed E-state index contributed by atoms with van der Waals surface area (Å²) in [6, 6.07) is 6.39. The van der Waals surface area contributed by atoms with E-state index >= 15 is 0 Å². The van der Waals surface area contributed by atoms with Crippen molar-refractivity contribution in [3.05, 3.63) is 35.0 Å². The molecule has 1 aliphatic heterocycles. The normalized spacial score (nSPS) is 16.6. The Balaban J connectivity index is 2.10. The van der Waals surface area contributed by atoms with Crippen LogP contribution in [0.25, 0.3) is 10.9 Å². The number of fused-ring (bicyclic) bond motifs is 1. The van der Waals surface area contributed by atoms with Gasteiger partial charge in [-0.05, 0) is 31.9 Å². The molecule has 0 atom stereocenters. The van der Waals surface area contributed by atoms with E-state index in [1.54, 1.807) is 6.20 Å². The molecule has 0 N–H and O–H groups in total. The van der Waals surface area contributed by atoms with E-state index in [0.717, 1.165) is 34.1 Å². The van der Waals surface area contributed by atoms with Crippen LogP contribution in [0.3, 0.4) is 0 Å². The Morgan fingerprint density at radius 3 is 2.60 bits per heavy atom. The van der Waals surface area contributed by atoms with Crippen LogP contribution >= 0.6 is 0 Å². The first-order chi connectivity index (χ1) is 11.8. The third kappa shape index (κ3) is 3.46. The van der Waals surface area contributed by atoms with E-state index in [0.29, 0.717) is 31.7 Å². The summed E-state index contributed by atoms with van der Waals surface area (Å²) in [6.07, 6.45) is 3.60. The number of benzene rings is 1. The van der Waals surface area contributed by atoms with Crippen LogP contribution in [0.15, 0.2) is 18.3 Å². The molecule has 132 valence electrons. The number of aromatic nitrogens is 1. The highest BCUT2D eigenvalue weighted by Gasteiger charge is 2.24. The summed E-state index contributed by atoms with van der Waals surface area (Å²) >= 11 is 0. The van der Waals surface area contributed by atoms with E-state index in [-0.39, 0.29) is 0 Å². The first kappa shape index (κ1) is 17.6. The van der Waals surface area contributed by atoms with Gasteiger partial charge < -0.3 is 4.90 Å².